The van der Waals surface area contributed by atoms with Gasteiger partial charge >= 0.3 is 0 Å². The van der Waals surface area contributed by atoms with Gasteiger partial charge in [0.05, 0.1) is 12.3 Å². The van der Waals surface area contributed by atoms with Crippen molar-refractivity contribution in [2.45, 2.75) is 38.8 Å². The van der Waals surface area contributed by atoms with Gasteiger partial charge < -0.3 is 9.84 Å². The van der Waals surface area contributed by atoms with E-state index in [0.29, 0.717) is 11.7 Å². The molecule has 1 aliphatic heterocycles. The Labute approximate surface area is 106 Å². The molecule has 2 N–H and O–H groups in total. The molecule has 2 heterocycles. The van der Waals surface area contributed by atoms with Gasteiger partial charge in [0.25, 0.3) is 0 Å². The minimum Gasteiger partial charge on any atom is -0.340 e. The minimum atomic E-state index is -3.30. The van der Waals surface area contributed by atoms with E-state index in [-0.39, 0.29) is 18.3 Å². The highest BCUT2D eigenvalue weighted by Crippen LogP contribution is 2.08. The van der Waals surface area contributed by atoms with Gasteiger partial charge in [-0.3, -0.25) is 0 Å². The molecular weight excluding hydrogens is 256 g/mol. The number of nitrogens with zero attached hydrogens (tertiary/aromatic N) is 2. The van der Waals surface area contributed by atoms with Crippen LogP contribution < -0.4 is 10.0 Å². The Kier molecular flexibility index (Phi) is 4.31. The van der Waals surface area contributed by atoms with Gasteiger partial charge in [0.1, 0.15) is 0 Å². The van der Waals surface area contributed by atoms with Crippen molar-refractivity contribution in [1.82, 2.24) is 20.2 Å². The summed E-state index contributed by atoms with van der Waals surface area (Å²) >= 11 is 0. The number of hydrogen-bond donors (Lipinski definition) is 2. The number of nitrogens with one attached hydrogen (secondary N) is 2. The molecule has 0 spiro atoms. The Morgan fingerprint density at radius 2 is 2.33 bits per heavy atom. The molecule has 2 rings (SSSR count). The smallest absolute Gasteiger partial charge is 0.223 e. The second-order valence-electron chi connectivity index (χ2n) is 4.48. The van der Waals surface area contributed by atoms with Crippen LogP contribution in [0.5, 0.6) is 0 Å². The third-order valence-electron chi connectivity index (χ3n) is 2.85. The van der Waals surface area contributed by atoms with E-state index in [1.807, 2.05) is 0 Å². The maximum atomic E-state index is 11.8. The summed E-state index contributed by atoms with van der Waals surface area (Å²) in [5.74, 6) is 0.884. The molecule has 1 unspecified atom stereocenters. The Hall–Kier alpha value is -0.990. The number of aryl methyl sites for hydroxylation is 1. The van der Waals surface area contributed by atoms with Crippen molar-refractivity contribution >= 4 is 10.0 Å². The predicted octanol–water partition coefficient (Wildman–Crippen LogP) is -0.0605. The first kappa shape index (κ1) is 13.4. The lowest BCUT2D eigenvalue weighted by Gasteiger charge is -2.23. The third kappa shape index (κ3) is 4.04. The summed E-state index contributed by atoms with van der Waals surface area (Å²) in [7, 11) is -3.30. The first-order chi connectivity index (χ1) is 8.55. The fourth-order valence-electron chi connectivity index (χ4n) is 1.98. The second-order valence-corrected chi connectivity index (χ2v) is 6.33. The SMILES string of the molecule is Cc1nc(CNS(=O)(=O)CC2CCCCN2)no1. The number of piperidine rings is 1. The Balaban J connectivity index is 1.83. The molecule has 18 heavy (non-hydrogen) atoms. The van der Waals surface area contributed by atoms with Crippen LogP contribution in [0.25, 0.3) is 0 Å². The summed E-state index contributed by atoms with van der Waals surface area (Å²) in [5, 5.41) is 6.85. The Morgan fingerprint density at radius 3 is 2.94 bits per heavy atom. The van der Waals surface area contributed by atoms with Gasteiger partial charge in [-0.2, -0.15) is 4.98 Å². The molecule has 1 saturated heterocycles. The summed E-state index contributed by atoms with van der Waals surface area (Å²) in [6, 6.07) is 0.0447. The number of sulfonamides is 1. The first-order valence-corrected chi connectivity index (χ1v) is 7.70. The van der Waals surface area contributed by atoms with E-state index in [1.54, 1.807) is 6.92 Å². The number of rotatable bonds is 5. The predicted molar refractivity (Wildman–Crippen MR) is 65.3 cm³/mol. The third-order valence-corrected chi connectivity index (χ3v) is 4.28. The van der Waals surface area contributed by atoms with E-state index in [2.05, 4.69) is 20.2 Å². The molecule has 1 aromatic heterocycles. The molecule has 7 nitrogen and oxygen atoms in total. The standard InChI is InChI=1S/C10H18N4O3S/c1-8-13-10(14-17-8)6-12-18(15,16)7-9-4-2-3-5-11-9/h9,11-12H,2-7H2,1H3. The van der Waals surface area contributed by atoms with Crippen LogP contribution in [0.15, 0.2) is 4.52 Å². The minimum absolute atomic E-state index is 0.0447. The molecule has 8 heteroatoms. The van der Waals surface area contributed by atoms with Crippen molar-refractivity contribution in [3.8, 4) is 0 Å². The van der Waals surface area contributed by atoms with Gasteiger partial charge in [0, 0.05) is 13.0 Å². The molecule has 0 radical (unpaired) electrons. The molecule has 1 fully saturated rings. The summed E-state index contributed by atoms with van der Waals surface area (Å²) in [6.07, 6.45) is 3.10. The number of aromatic nitrogens is 2. The fourth-order valence-corrected chi connectivity index (χ4v) is 3.26. The van der Waals surface area contributed by atoms with Gasteiger partial charge in [-0.15, -0.1) is 0 Å². The molecular formula is C10H18N4O3S. The lowest BCUT2D eigenvalue weighted by molar-refractivity contribution is 0.386. The van der Waals surface area contributed by atoms with Crippen LogP contribution in [-0.2, 0) is 16.6 Å². The van der Waals surface area contributed by atoms with E-state index >= 15 is 0 Å². The van der Waals surface area contributed by atoms with E-state index in [4.69, 9.17) is 4.52 Å². The van der Waals surface area contributed by atoms with Gasteiger partial charge in [-0.1, -0.05) is 11.6 Å². The van der Waals surface area contributed by atoms with Crippen molar-refractivity contribution in [2.24, 2.45) is 0 Å². The van der Waals surface area contributed by atoms with E-state index in [1.165, 1.54) is 0 Å². The van der Waals surface area contributed by atoms with Crippen molar-refractivity contribution in [2.75, 3.05) is 12.3 Å². The molecule has 0 bridgehead atoms. The normalized spacial score (nSPS) is 21.1. The molecule has 0 aromatic carbocycles. The highest BCUT2D eigenvalue weighted by molar-refractivity contribution is 7.89. The van der Waals surface area contributed by atoms with Crippen molar-refractivity contribution < 1.29 is 12.9 Å². The zero-order chi connectivity index (χ0) is 13.0. The van der Waals surface area contributed by atoms with Crippen LogP contribution in [-0.4, -0.2) is 36.9 Å². The summed E-state index contributed by atoms with van der Waals surface area (Å²) in [5.41, 5.74) is 0. The van der Waals surface area contributed by atoms with E-state index in [0.717, 1.165) is 25.8 Å². The fraction of sp³-hybridized carbons (Fsp3) is 0.800. The molecule has 102 valence electrons. The lowest BCUT2D eigenvalue weighted by Crippen LogP contribution is -2.42. The topological polar surface area (TPSA) is 97.1 Å². The summed E-state index contributed by atoms with van der Waals surface area (Å²) in [4.78, 5) is 3.94. The average Bonchev–Trinajstić information content (AvgIpc) is 2.74. The number of hydrogen-bond acceptors (Lipinski definition) is 6. The van der Waals surface area contributed by atoms with Crippen LogP contribution in [0, 0.1) is 6.92 Å². The quantitative estimate of drug-likeness (QED) is 0.780. The second kappa shape index (κ2) is 5.77. The molecule has 0 aliphatic carbocycles. The van der Waals surface area contributed by atoms with Gasteiger partial charge in [-0.25, -0.2) is 13.1 Å². The largest absolute Gasteiger partial charge is 0.340 e. The molecule has 0 saturated carbocycles. The Bertz CT molecular complexity index is 479. The van der Waals surface area contributed by atoms with Crippen molar-refractivity contribution in [3.05, 3.63) is 11.7 Å². The van der Waals surface area contributed by atoms with Gasteiger partial charge in [0.15, 0.2) is 5.82 Å². The molecule has 1 atom stereocenters. The van der Waals surface area contributed by atoms with Crippen LogP contribution >= 0.6 is 0 Å². The highest BCUT2D eigenvalue weighted by Gasteiger charge is 2.21. The van der Waals surface area contributed by atoms with Crippen LogP contribution in [0.2, 0.25) is 0 Å². The van der Waals surface area contributed by atoms with Crippen LogP contribution in [0.1, 0.15) is 31.0 Å². The molecule has 1 aromatic rings. The van der Waals surface area contributed by atoms with Gasteiger partial charge in [-0.05, 0) is 19.4 Å². The maximum absolute atomic E-state index is 11.8. The molecule has 0 amide bonds. The average molecular weight is 274 g/mol. The monoisotopic (exact) mass is 274 g/mol. The zero-order valence-electron chi connectivity index (χ0n) is 10.3. The van der Waals surface area contributed by atoms with Crippen LogP contribution in [0.4, 0.5) is 0 Å². The highest BCUT2D eigenvalue weighted by atomic mass is 32.2. The first-order valence-electron chi connectivity index (χ1n) is 6.05. The van der Waals surface area contributed by atoms with Gasteiger partial charge in [0.2, 0.25) is 15.9 Å². The summed E-state index contributed by atoms with van der Waals surface area (Å²) < 4.78 is 30.9. The maximum Gasteiger partial charge on any atom is 0.223 e. The van der Waals surface area contributed by atoms with Crippen molar-refractivity contribution in [1.29, 1.82) is 0 Å². The van der Waals surface area contributed by atoms with Crippen LogP contribution in [0.3, 0.4) is 0 Å². The zero-order valence-corrected chi connectivity index (χ0v) is 11.2. The Morgan fingerprint density at radius 1 is 1.50 bits per heavy atom. The van der Waals surface area contributed by atoms with E-state index < -0.39 is 10.0 Å². The van der Waals surface area contributed by atoms with E-state index in [9.17, 15) is 8.42 Å². The summed E-state index contributed by atoms with van der Waals surface area (Å²) in [6.45, 7) is 2.63. The lowest BCUT2D eigenvalue weighted by atomic mass is 10.1. The molecule has 1 aliphatic rings. The van der Waals surface area contributed by atoms with Crippen molar-refractivity contribution in [3.63, 3.8) is 0 Å².